The standard InChI is InChI=1S/C22H41NO4S/c1-3-5-13-22(4-2)15-28(26,27)19-12-11-17(23-25)14-18(19)20(21(22)24)16-9-7-6-8-10-16/h16-21,23-25H,3-15H2,1-2H3/t17?,18?,19?,20-,21?,22+/m0/s1. The number of aliphatic hydroxyl groups is 1. The molecule has 3 N–H and O–H groups in total. The molecular weight excluding hydrogens is 374 g/mol. The van der Waals surface area contributed by atoms with Crippen LogP contribution in [0.5, 0.6) is 0 Å². The van der Waals surface area contributed by atoms with Gasteiger partial charge in [0.05, 0.1) is 17.1 Å². The van der Waals surface area contributed by atoms with Crippen LogP contribution in [0.4, 0.5) is 0 Å². The second kappa shape index (κ2) is 9.32. The van der Waals surface area contributed by atoms with Crippen LogP contribution in [0.3, 0.4) is 0 Å². The molecule has 28 heavy (non-hydrogen) atoms. The van der Waals surface area contributed by atoms with Crippen LogP contribution < -0.4 is 5.48 Å². The Morgan fingerprint density at radius 3 is 2.39 bits per heavy atom. The summed E-state index contributed by atoms with van der Waals surface area (Å²) in [4.78, 5) is 0. The van der Waals surface area contributed by atoms with E-state index in [4.69, 9.17) is 0 Å². The molecule has 3 fully saturated rings. The maximum absolute atomic E-state index is 13.5. The van der Waals surface area contributed by atoms with Gasteiger partial charge in [0, 0.05) is 11.5 Å². The van der Waals surface area contributed by atoms with Crippen molar-refractivity contribution in [1.29, 1.82) is 0 Å². The third-order valence-corrected chi connectivity index (χ3v) is 10.9. The van der Waals surface area contributed by atoms with Crippen LogP contribution in [0.25, 0.3) is 0 Å². The Bertz CT molecular complexity index is 604. The molecule has 0 aromatic heterocycles. The molecular formula is C22H41NO4S. The van der Waals surface area contributed by atoms with Crippen molar-refractivity contribution in [1.82, 2.24) is 5.48 Å². The summed E-state index contributed by atoms with van der Waals surface area (Å²) in [5.41, 5.74) is 1.90. The zero-order chi connectivity index (χ0) is 20.4. The number of rotatable bonds is 6. The highest BCUT2D eigenvalue weighted by Crippen LogP contribution is 2.52. The minimum atomic E-state index is -3.28. The summed E-state index contributed by atoms with van der Waals surface area (Å²) in [6.45, 7) is 4.20. The number of sulfone groups is 1. The number of aliphatic hydroxyl groups excluding tert-OH is 1. The topological polar surface area (TPSA) is 86.6 Å². The van der Waals surface area contributed by atoms with Gasteiger partial charge < -0.3 is 10.3 Å². The number of nitrogens with one attached hydrogen (secondary N) is 1. The SMILES string of the molecule is CCCC[C@]1(CC)CS(=O)(=O)C2CCC(NO)CC2[C@H](C2CCCCC2)C1O. The van der Waals surface area contributed by atoms with E-state index >= 15 is 0 Å². The predicted molar refractivity (Wildman–Crippen MR) is 112 cm³/mol. The summed E-state index contributed by atoms with van der Waals surface area (Å²) in [6.07, 6.45) is 10.7. The molecule has 6 atom stereocenters. The molecule has 0 radical (unpaired) electrons. The lowest BCUT2D eigenvalue weighted by Gasteiger charge is -2.46. The van der Waals surface area contributed by atoms with E-state index in [0.717, 1.165) is 38.5 Å². The van der Waals surface area contributed by atoms with Crippen molar-refractivity contribution in [2.24, 2.45) is 23.2 Å². The monoisotopic (exact) mass is 415 g/mol. The van der Waals surface area contributed by atoms with Crippen molar-refractivity contribution < 1.29 is 18.7 Å². The van der Waals surface area contributed by atoms with Crippen molar-refractivity contribution in [3.63, 3.8) is 0 Å². The molecule has 3 aliphatic rings. The maximum atomic E-state index is 13.5. The van der Waals surface area contributed by atoms with Gasteiger partial charge >= 0.3 is 0 Å². The molecule has 6 heteroatoms. The second-order valence-electron chi connectivity index (χ2n) is 9.89. The Kier molecular flexibility index (Phi) is 7.49. The van der Waals surface area contributed by atoms with Gasteiger partial charge in [0.25, 0.3) is 0 Å². The number of fused-ring (bicyclic) bond motifs is 1. The molecule has 1 heterocycles. The van der Waals surface area contributed by atoms with Gasteiger partial charge in [0.1, 0.15) is 0 Å². The van der Waals surface area contributed by atoms with Crippen LogP contribution >= 0.6 is 0 Å². The van der Waals surface area contributed by atoms with Crippen LogP contribution in [0, 0.1) is 23.2 Å². The molecule has 1 aliphatic heterocycles. The van der Waals surface area contributed by atoms with Gasteiger partial charge in [-0.05, 0) is 49.9 Å². The zero-order valence-corrected chi connectivity index (χ0v) is 18.6. The lowest BCUT2D eigenvalue weighted by Crippen LogP contribution is -2.49. The number of hydrogen-bond donors (Lipinski definition) is 3. The molecule has 2 aliphatic carbocycles. The average Bonchev–Trinajstić information content (AvgIpc) is 2.78. The van der Waals surface area contributed by atoms with Gasteiger partial charge in [0.2, 0.25) is 0 Å². The average molecular weight is 416 g/mol. The first-order valence-electron chi connectivity index (χ1n) is 11.7. The van der Waals surface area contributed by atoms with Crippen molar-refractivity contribution in [3.8, 4) is 0 Å². The van der Waals surface area contributed by atoms with Crippen molar-refractivity contribution in [2.75, 3.05) is 5.75 Å². The molecule has 4 unspecified atom stereocenters. The van der Waals surface area contributed by atoms with Gasteiger partial charge in [0.15, 0.2) is 9.84 Å². The van der Waals surface area contributed by atoms with Crippen molar-refractivity contribution in [2.45, 2.75) is 108 Å². The molecule has 0 aromatic carbocycles. The Labute approximate surface area is 171 Å². The quantitative estimate of drug-likeness (QED) is 0.569. The van der Waals surface area contributed by atoms with E-state index in [1.54, 1.807) is 0 Å². The van der Waals surface area contributed by atoms with E-state index in [1.165, 1.54) is 19.3 Å². The van der Waals surface area contributed by atoms with Gasteiger partial charge in [-0.2, -0.15) is 0 Å². The molecule has 5 nitrogen and oxygen atoms in total. The normalized spacial score (nSPS) is 41.9. The van der Waals surface area contributed by atoms with E-state index in [1.807, 2.05) is 0 Å². The van der Waals surface area contributed by atoms with Gasteiger partial charge in [-0.25, -0.2) is 13.9 Å². The van der Waals surface area contributed by atoms with Crippen molar-refractivity contribution in [3.05, 3.63) is 0 Å². The fourth-order valence-electron chi connectivity index (χ4n) is 6.74. The highest BCUT2D eigenvalue weighted by Gasteiger charge is 2.56. The van der Waals surface area contributed by atoms with Gasteiger partial charge in [-0.1, -0.05) is 58.8 Å². The van der Waals surface area contributed by atoms with Crippen LogP contribution in [-0.2, 0) is 9.84 Å². The van der Waals surface area contributed by atoms with Crippen LogP contribution in [0.2, 0.25) is 0 Å². The Balaban J connectivity index is 2.04. The molecule has 164 valence electrons. The summed E-state index contributed by atoms with van der Waals surface area (Å²) >= 11 is 0. The fourth-order valence-corrected chi connectivity index (χ4v) is 9.60. The highest BCUT2D eigenvalue weighted by molar-refractivity contribution is 7.92. The number of unbranched alkanes of at least 4 members (excludes halogenated alkanes) is 1. The van der Waals surface area contributed by atoms with E-state index < -0.39 is 21.4 Å². The summed E-state index contributed by atoms with van der Waals surface area (Å²) < 4.78 is 27.1. The van der Waals surface area contributed by atoms with Crippen LogP contribution in [0.15, 0.2) is 0 Å². The summed E-state index contributed by atoms with van der Waals surface area (Å²) in [6, 6.07) is -0.0560. The molecule has 3 rings (SSSR count). The zero-order valence-electron chi connectivity index (χ0n) is 17.8. The third kappa shape index (κ3) is 4.30. The maximum Gasteiger partial charge on any atom is 0.154 e. The van der Waals surface area contributed by atoms with Crippen molar-refractivity contribution >= 4 is 9.84 Å². The molecule has 1 saturated heterocycles. The highest BCUT2D eigenvalue weighted by atomic mass is 32.2. The smallest absolute Gasteiger partial charge is 0.154 e. The minimum absolute atomic E-state index is 0.0375. The lowest BCUT2D eigenvalue weighted by molar-refractivity contribution is -0.0685. The Morgan fingerprint density at radius 2 is 1.79 bits per heavy atom. The number of hydroxylamine groups is 1. The largest absolute Gasteiger partial charge is 0.392 e. The first kappa shape index (κ1) is 22.5. The molecule has 0 aromatic rings. The predicted octanol–water partition coefficient (Wildman–Crippen LogP) is 4.07. The number of hydrogen-bond acceptors (Lipinski definition) is 5. The summed E-state index contributed by atoms with van der Waals surface area (Å²) in [7, 11) is -3.28. The van der Waals surface area contributed by atoms with E-state index in [9.17, 15) is 18.7 Å². The Morgan fingerprint density at radius 1 is 1.07 bits per heavy atom. The van der Waals surface area contributed by atoms with Crippen LogP contribution in [0.1, 0.15) is 90.9 Å². The Hall–Kier alpha value is -0.170. The molecule has 0 bridgehead atoms. The molecule has 2 saturated carbocycles. The first-order chi connectivity index (χ1) is 13.4. The summed E-state index contributed by atoms with van der Waals surface area (Å²) in [5.74, 6) is 0.542. The first-order valence-corrected chi connectivity index (χ1v) is 13.4. The fraction of sp³-hybridized carbons (Fsp3) is 1.00. The summed E-state index contributed by atoms with van der Waals surface area (Å²) in [5, 5.41) is 21.0. The van der Waals surface area contributed by atoms with E-state index in [0.29, 0.717) is 25.2 Å². The van der Waals surface area contributed by atoms with E-state index in [2.05, 4.69) is 19.3 Å². The van der Waals surface area contributed by atoms with Gasteiger partial charge in [-0.3, -0.25) is 0 Å². The second-order valence-corrected chi connectivity index (χ2v) is 12.1. The lowest BCUT2D eigenvalue weighted by atomic mass is 9.60. The third-order valence-electron chi connectivity index (χ3n) is 8.38. The van der Waals surface area contributed by atoms with E-state index in [-0.39, 0.29) is 28.9 Å². The van der Waals surface area contributed by atoms with Crippen LogP contribution in [-0.4, -0.2) is 41.9 Å². The molecule has 0 spiro atoms. The van der Waals surface area contributed by atoms with Gasteiger partial charge in [-0.15, -0.1) is 0 Å². The minimum Gasteiger partial charge on any atom is -0.392 e. The molecule has 0 amide bonds.